The highest BCUT2D eigenvalue weighted by Gasteiger charge is 2.31. The van der Waals surface area contributed by atoms with Crippen LogP contribution in [0.15, 0.2) is 0 Å². The molecule has 0 spiro atoms. The molecule has 1 heterocycles. The molecular weight excluding hydrogens is 150 g/mol. The SMILES string of the molecule is O=C1CCCC[C@@H]1[C@H]1CCCN1. The standard InChI is InChI=1S/C10H17NO/c12-10-6-2-1-4-8(10)9-5-3-7-11-9/h8-9,11H,1-7H2/t8-,9-/m1/s1. The number of hydrogen-bond donors (Lipinski definition) is 1. The predicted octanol–water partition coefficient (Wildman–Crippen LogP) is 1.50. The molecule has 0 radical (unpaired) electrons. The first kappa shape index (κ1) is 8.24. The summed E-state index contributed by atoms with van der Waals surface area (Å²) in [6.07, 6.45) is 6.83. The van der Waals surface area contributed by atoms with Gasteiger partial charge < -0.3 is 5.32 Å². The van der Waals surface area contributed by atoms with Gasteiger partial charge in [-0.25, -0.2) is 0 Å². The van der Waals surface area contributed by atoms with Crippen LogP contribution in [0.25, 0.3) is 0 Å². The summed E-state index contributed by atoms with van der Waals surface area (Å²) in [4.78, 5) is 11.5. The molecule has 0 aromatic rings. The Balaban J connectivity index is 1.95. The molecule has 1 saturated heterocycles. The van der Waals surface area contributed by atoms with Crippen molar-refractivity contribution in [3.8, 4) is 0 Å². The summed E-state index contributed by atoms with van der Waals surface area (Å²) in [5, 5.41) is 3.44. The number of Topliss-reactive ketones (excluding diaryl/α,β-unsaturated/α-hetero) is 1. The van der Waals surface area contributed by atoms with Gasteiger partial charge in [-0.15, -0.1) is 0 Å². The normalized spacial score (nSPS) is 37.2. The number of carbonyl (C=O) groups is 1. The molecule has 0 aromatic heterocycles. The molecule has 68 valence electrons. The quantitative estimate of drug-likeness (QED) is 0.641. The van der Waals surface area contributed by atoms with Crippen molar-refractivity contribution >= 4 is 5.78 Å². The topological polar surface area (TPSA) is 29.1 Å². The van der Waals surface area contributed by atoms with E-state index in [1.54, 1.807) is 0 Å². The minimum absolute atomic E-state index is 0.362. The van der Waals surface area contributed by atoms with Crippen LogP contribution in [0.1, 0.15) is 38.5 Å². The van der Waals surface area contributed by atoms with E-state index < -0.39 is 0 Å². The second-order valence-corrected chi connectivity index (χ2v) is 4.02. The molecule has 0 unspecified atom stereocenters. The van der Waals surface area contributed by atoms with Crippen molar-refractivity contribution in [3.05, 3.63) is 0 Å². The fourth-order valence-corrected chi connectivity index (χ4v) is 2.49. The molecule has 1 saturated carbocycles. The lowest BCUT2D eigenvalue weighted by molar-refractivity contribution is -0.125. The number of rotatable bonds is 1. The Labute approximate surface area is 73.7 Å². The van der Waals surface area contributed by atoms with Crippen LogP contribution in [0.3, 0.4) is 0 Å². The molecule has 1 aliphatic heterocycles. The fourth-order valence-electron chi connectivity index (χ4n) is 2.49. The molecule has 2 atom stereocenters. The zero-order valence-electron chi connectivity index (χ0n) is 7.51. The van der Waals surface area contributed by atoms with Gasteiger partial charge in [-0.1, -0.05) is 6.42 Å². The first-order valence-electron chi connectivity index (χ1n) is 5.14. The minimum Gasteiger partial charge on any atom is -0.313 e. The molecule has 0 amide bonds. The van der Waals surface area contributed by atoms with Gasteiger partial charge in [-0.2, -0.15) is 0 Å². The smallest absolute Gasteiger partial charge is 0.137 e. The highest BCUT2D eigenvalue weighted by molar-refractivity contribution is 5.82. The Bertz CT molecular complexity index is 173. The molecule has 0 bridgehead atoms. The van der Waals surface area contributed by atoms with Gasteiger partial charge in [0.2, 0.25) is 0 Å². The van der Waals surface area contributed by atoms with E-state index in [1.165, 1.54) is 19.3 Å². The van der Waals surface area contributed by atoms with Crippen LogP contribution >= 0.6 is 0 Å². The highest BCUT2D eigenvalue weighted by atomic mass is 16.1. The summed E-state index contributed by atoms with van der Waals surface area (Å²) in [7, 11) is 0. The Kier molecular flexibility index (Phi) is 2.45. The summed E-state index contributed by atoms with van der Waals surface area (Å²) >= 11 is 0. The van der Waals surface area contributed by atoms with Crippen LogP contribution in [-0.4, -0.2) is 18.4 Å². The average Bonchev–Trinajstić information content (AvgIpc) is 2.57. The second-order valence-electron chi connectivity index (χ2n) is 4.02. The summed E-state index contributed by atoms with van der Waals surface area (Å²) in [5.74, 6) is 0.877. The van der Waals surface area contributed by atoms with Gasteiger partial charge >= 0.3 is 0 Å². The van der Waals surface area contributed by atoms with E-state index in [1.807, 2.05) is 0 Å². The van der Waals surface area contributed by atoms with Crippen molar-refractivity contribution < 1.29 is 4.79 Å². The first-order valence-corrected chi connectivity index (χ1v) is 5.14. The van der Waals surface area contributed by atoms with Gasteiger partial charge in [-0.3, -0.25) is 4.79 Å². The van der Waals surface area contributed by atoms with Gasteiger partial charge in [0.05, 0.1) is 0 Å². The number of nitrogens with one attached hydrogen (secondary N) is 1. The molecule has 1 aliphatic carbocycles. The molecule has 12 heavy (non-hydrogen) atoms. The van der Waals surface area contributed by atoms with Gasteiger partial charge in [0.1, 0.15) is 5.78 Å². The van der Waals surface area contributed by atoms with E-state index in [9.17, 15) is 4.79 Å². The Hall–Kier alpha value is -0.370. The third kappa shape index (κ3) is 1.53. The molecule has 2 nitrogen and oxygen atoms in total. The van der Waals surface area contributed by atoms with E-state index in [2.05, 4.69) is 5.32 Å². The van der Waals surface area contributed by atoms with Crippen molar-refractivity contribution in [3.63, 3.8) is 0 Å². The van der Waals surface area contributed by atoms with Crippen LogP contribution in [-0.2, 0) is 4.79 Å². The van der Waals surface area contributed by atoms with Crippen LogP contribution in [0, 0.1) is 5.92 Å². The molecule has 2 fully saturated rings. The van der Waals surface area contributed by atoms with E-state index >= 15 is 0 Å². The molecular formula is C10H17NO. The van der Waals surface area contributed by atoms with Crippen molar-refractivity contribution in [2.45, 2.75) is 44.6 Å². The third-order valence-corrected chi connectivity index (χ3v) is 3.19. The summed E-state index contributed by atoms with van der Waals surface area (Å²) in [6, 6.07) is 0.526. The zero-order valence-corrected chi connectivity index (χ0v) is 7.51. The lowest BCUT2D eigenvalue weighted by atomic mass is 9.82. The predicted molar refractivity (Wildman–Crippen MR) is 48.0 cm³/mol. The van der Waals surface area contributed by atoms with E-state index in [0.29, 0.717) is 17.7 Å². The summed E-state index contributed by atoms with van der Waals surface area (Å²) in [6.45, 7) is 1.12. The molecule has 2 heteroatoms. The largest absolute Gasteiger partial charge is 0.313 e. The van der Waals surface area contributed by atoms with Crippen LogP contribution in [0.2, 0.25) is 0 Å². The fraction of sp³-hybridized carbons (Fsp3) is 0.900. The molecule has 0 aromatic carbocycles. The van der Waals surface area contributed by atoms with E-state index in [0.717, 1.165) is 25.8 Å². The molecule has 2 aliphatic rings. The van der Waals surface area contributed by atoms with Crippen molar-refractivity contribution in [2.24, 2.45) is 5.92 Å². The van der Waals surface area contributed by atoms with Crippen molar-refractivity contribution in [2.75, 3.05) is 6.54 Å². The minimum atomic E-state index is 0.362. The highest BCUT2D eigenvalue weighted by Crippen LogP contribution is 2.27. The van der Waals surface area contributed by atoms with Crippen molar-refractivity contribution in [1.82, 2.24) is 5.32 Å². The summed E-state index contributed by atoms with van der Waals surface area (Å²) < 4.78 is 0. The van der Waals surface area contributed by atoms with Crippen LogP contribution in [0.5, 0.6) is 0 Å². The lowest BCUT2D eigenvalue weighted by Gasteiger charge is -2.25. The maximum atomic E-state index is 11.5. The molecule has 2 rings (SSSR count). The lowest BCUT2D eigenvalue weighted by Crippen LogP contribution is -2.37. The van der Waals surface area contributed by atoms with Gasteiger partial charge in [-0.05, 0) is 32.2 Å². The third-order valence-electron chi connectivity index (χ3n) is 3.19. The number of carbonyl (C=O) groups excluding carboxylic acids is 1. The zero-order chi connectivity index (χ0) is 8.39. The van der Waals surface area contributed by atoms with Gasteiger partial charge in [0, 0.05) is 18.4 Å². The second kappa shape index (κ2) is 3.56. The Morgan fingerprint density at radius 1 is 1.17 bits per heavy atom. The van der Waals surface area contributed by atoms with E-state index in [-0.39, 0.29) is 0 Å². The van der Waals surface area contributed by atoms with Crippen molar-refractivity contribution in [1.29, 1.82) is 0 Å². The van der Waals surface area contributed by atoms with Crippen LogP contribution in [0.4, 0.5) is 0 Å². The van der Waals surface area contributed by atoms with E-state index in [4.69, 9.17) is 0 Å². The van der Waals surface area contributed by atoms with Gasteiger partial charge in [0.15, 0.2) is 0 Å². The average molecular weight is 167 g/mol. The maximum absolute atomic E-state index is 11.5. The summed E-state index contributed by atoms with van der Waals surface area (Å²) in [5.41, 5.74) is 0. The van der Waals surface area contributed by atoms with Gasteiger partial charge in [0.25, 0.3) is 0 Å². The molecule has 1 N–H and O–H groups in total. The Morgan fingerprint density at radius 2 is 2.08 bits per heavy atom. The Morgan fingerprint density at radius 3 is 2.75 bits per heavy atom. The first-order chi connectivity index (χ1) is 5.88. The number of ketones is 1. The monoisotopic (exact) mass is 167 g/mol. The number of hydrogen-bond acceptors (Lipinski definition) is 2. The van der Waals surface area contributed by atoms with Crippen LogP contribution < -0.4 is 5.32 Å². The maximum Gasteiger partial charge on any atom is 0.137 e.